The first-order chi connectivity index (χ1) is 8.79. The first-order valence-electron chi connectivity index (χ1n) is 7.12. The van der Waals surface area contributed by atoms with Gasteiger partial charge in [-0.1, -0.05) is 0 Å². The molecule has 19 heavy (non-hydrogen) atoms. The van der Waals surface area contributed by atoms with Gasteiger partial charge < -0.3 is 15.1 Å². The van der Waals surface area contributed by atoms with Gasteiger partial charge in [0.15, 0.2) is 0 Å². The van der Waals surface area contributed by atoms with Crippen LogP contribution in [0.3, 0.4) is 0 Å². The minimum absolute atomic E-state index is 0.0199. The molecule has 0 aliphatic carbocycles. The van der Waals surface area contributed by atoms with Crippen molar-refractivity contribution in [3.05, 3.63) is 0 Å². The monoisotopic (exact) mass is 267 g/mol. The number of amides is 2. The van der Waals surface area contributed by atoms with Gasteiger partial charge in [-0.25, -0.2) is 0 Å². The van der Waals surface area contributed by atoms with Crippen LogP contribution in [0.1, 0.15) is 40.0 Å². The molecule has 5 heteroatoms. The fourth-order valence-corrected chi connectivity index (χ4v) is 3.11. The Morgan fingerprint density at radius 3 is 2.47 bits per heavy atom. The van der Waals surface area contributed by atoms with Crippen LogP contribution in [0.5, 0.6) is 0 Å². The Morgan fingerprint density at radius 2 is 1.89 bits per heavy atom. The lowest BCUT2D eigenvalue weighted by Crippen LogP contribution is -2.69. The lowest BCUT2D eigenvalue weighted by atomic mass is 9.86. The molecule has 0 saturated carbocycles. The highest BCUT2D eigenvalue weighted by Gasteiger charge is 2.48. The molecule has 0 aromatic carbocycles. The Kier molecular flexibility index (Phi) is 3.60. The maximum atomic E-state index is 12.8. The first-order valence-corrected chi connectivity index (χ1v) is 7.12. The highest BCUT2D eigenvalue weighted by molar-refractivity contribution is 5.95. The van der Waals surface area contributed by atoms with Crippen molar-refractivity contribution in [3.8, 4) is 0 Å². The van der Waals surface area contributed by atoms with Crippen LogP contribution in [0.4, 0.5) is 0 Å². The number of carbonyl (C=O) groups excluding carboxylic acids is 2. The van der Waals surface area contributed by atoms with Gasteiger partial charge in [-0.2, -0.15) is 0 Å². The Labute approximate surface area is 115 Å². The van der Waals surface area contributed by atoms with E-state index in [0.717, 1.165) is 25.8 Å². The number of carbonyl (C=O) groups is 2. The van der Waals surface area contributed by atoms with E-state index in [2.05, 4.69) is 5.32 Å². The van der Waals surface area contributed by atoms with E-state index in [4.69, 9.17) is 0 Å². The number of likely N-dealkylation sites (N-methyl/N-ethyl adjacent to an activating group) is 1. The molecule has 108 valence electrons. The van der Waals surface area contributed by atoms with E-state index in [1.165, 1.54) is 0 Å². The largest absolute Gasteiger partial charge is 0.342 e. The van der Waals surface area contributed by atoms with Crippen LogP contribution >= 0.6 is 0 Å². The lowest BCUT2D eigenvalue weighted by Gasteiger charge is -2.48. The molecule has 0 spiro atoms. The van der Waals surface area contributed by atoms with Crippen molar-refractivity contribution in [1.29, 1.82) is 0 Å². The number of rotatable bonds is 1. The van der Waals surface area contributed by atoms with E-state index < -0.39 is 11.1 Å². The van der Waals surface area contributed by atoms with Gasteiger partial charge in [0, 0.05) is 20.1 Å². The second-order valence-corrected chi connectivity index (χ2v) is 6.46. The van der Waals surface area contributed by atoms with Crippen LogP contribution in [0, 0.1) is 0 Å². The van der Waals surface area contributed by atoms with Gasteiger partial charge in [-0.15, -0.1) is 0 Å². The maximum absolute atomic E-state index is 12.8. The summed E-state index contributed by atoms with van der Waals surface area (Å²) in [6.07, 6.45) is 3.04. The Hall–Kier alpha value is -1.10. The van der Waals surface area contributed by atoms with Crippen LogP contribution in [0.25, 0.3) is 0 Å². The number of hydrogen-bond acceptors (Lipinski definition) is 3. The molecule has 2 rings (SSSR count). The van der Waals surface area contributed by atoms with Crippen LogP contribution < -0.4 is 5.32 Å². The van der Waals surface area contributed by atoms with Gasteiger partial charge in [-0.05, 0) is 46.6 Å². The van der Waals surface area contributed by atoms with Crippen LogP contribution in [0.2, 0.25) is 0 Å². The third-order valence-corrected chi connectivity index (χ3v) is 4.54. The zero-order valence-corrected chi connectivity index (χ0v) is 12.5. The van der Waals surface area contributed by atoms with E-state index in [-0.39, 0.29) is 11.8 Å². The minimum atomic E-state index is -0.744. The summed E-state index contributed by atoms with van der Waals surface area (Å²) in [5.41, 5.74) is -1.25. The summed E-state index contributed by atoms with van der Waals surface area (Å²) in [7, 11) is 1.80. The molecule has 0 radical (unpaired) electrons. The predicted octanol–water partition coefficient (Wildman–Crippen LogP) is 0.598. The van der Waals surface area contributed by atoms with Gasteiger partial charge in [0.05, 0.1) is 5.54 Å². The minimum Gasteiger partial charge on any atom is -0.342 e. The third-order valence-electron chi connectivity index (χ3n) is 4.54. The average Bonchev–Trinajstić information content (AvgIpc) is 2.36. The van der Waals surface area contributed by atoms with E-state index in [9.17, 15) is 9.59 Å². The molecule has 1 unspecified atom stereocenters. The maximum Gasteiger partial charge on any atom is 0.247 e. The lowest BCUT2D eigenvalue weighted by molar-refractivity contribution is -0.161. The molecule has 2 aliphatic rings. The standard InChI is InChI=1S/C14H25N3O2/c1-13(2)11(18)16(4)9-10-17(13)12(19)14(3)7-5-6-8-15-14/h15H,5-10H2,1-4H3. The fraction of sp³-hybridized carbons (Fsp3) is 0.857. The predicted molar refractivity (Wildman–Crippen MR) is 73.7 cm³/mol. The molecule has 2 aliphatic heterocycles. The highest BCUT2D eigenvalue weighted by atomic mass is 16.2. The molecule has 0 aromatic heterocycles. The number of piperidine rings is 1. The van der Waals surface area contributed by atoms with E-state index in [0.29, 0.717) is 13.1 Å². The summed E-state index contributed by atoms with van der Waals surface area (Å²) < 4.78 is 0. The van der Waals surface area contributed by atoms with Crippen molar-refractivity contribution in [3.63, 3.8) is 0 Å². The molecule has 1 N–H and O–H groups in total. The first kappa shape index (κ1) is 14.3. The van der Waals surface area contributed by atoms with E-state index in [1.54, 1.807) is 16.8 Å². The Balaban J connectivity index is 2.21. The second kappa shape index (κ2) is 4.78. The van der Waals surface area contributed by atoms with Crippen LogP contribution in [0.15, 0.2) is 0 Å². The molecule has 5 nitrogen and oxygen atoms in total. The molecular weight excluding hydrogens is 242 g/mol. The summed E-state index contributed by atoms with van der Waals surface area (Å²) in [5.74, 6) is 0.0881. The highest BCUT2D eigenvalue weighted by Crippen LogP contribution is 2.28. The summed E-state index contributed by atoms with van der Waals surface area (Å²) in [5, 5.41) is 3.34. The Bertz CT molecular complexity index is 386. The average molecular weight is 267 g/mol. The number of piperazine rings is 1. The smallest absolute Gasteiger partial charge is 0.247 e. The van der Waals surface area contributed by atoms with Crippen molar-refractivity contribution in [2.24, 2.45) is 0 Å². The summed E-state index contributed by atoms with van der Waals surface area (Å²) >= 11 is 0. The van der Waals surface area contributed by atoms with E-state index in [1.807, 2.05) is 20.8 Å². The topological polar surface area (TPSA) is 52.6 Å². The van der Waals surface area contributed by atoms with Gasteiger partial charge in [0.25, 0.3) is 0 Å². The third kappa shape index (κ3) is 2.36. The second-order valence-electron chi connectivity index (χ2n) is 6.46. The normalized spacial score (nSPS) is 31.5. The molecular formula is C14H25N3O2. The van der Waals surface area contributed by atoms with Crippen molar-refractivity contribution < 1.29 is 9.59 Å². The van der Waals surface area contributed by atoms with Gasteiger partial charge >= 0.3 is 0 Å². The van der Waals surface area contributed by atoms with Crippen LogP contribution in [-0.4, -0.2) is 59.4 Å². The van der Waals surface area contributed by atoms with Gasteiger partial charge in [-0.3, -0.25) is 9.59 Å². The summed E-state index contributed by atoms with van der Waals surface area (Å²) in [6, 6.07) is 0. The van der Waals surface area contributed by atoms with Gasteiger partial charge in [0.2, 0.25) is 11.8 Å². The summed E-state index contributed by atoms with van der Waals surface area (Å²) in [6.45, 7) is 7.76. The van der Waals surface area contributed by atoms with Crippen molar-refractivity contribution in [1.82, 2.24) is 15.1 Å². The fourth-order valence-electron chi connectivity index (χ4n) is 3.11. The van der Waals surface area contributed by atoms with Crippen molar-refractivity contribution in [2.45, 2.75) is 51.1 Å². The van der Waals surface area contributed by atoms with E-state index >= 15 is 0 Å². The molecule has 2 fully saturated rings. The molecule has 2 amide bonds. The zero-order chi connectivity index (χ0) is 14.3. The number of nitrogens with zero attached hydrogens (tertiary/aromatic N) is 2. The van der Waals surface area contributed by atoms with Gasteiger partial charge in [0.1, 0.15) is 5.54 Å². The number of hydrogen-bond donors (Lipinski definition) is 1. The van der Waals surface area contributed by atoms with Crippen molar-refractivity contribution >= 4 is 11.8 Å². The summed E-state index contributed by atoms with van der Waals surface area (Å²) in [4.78, 5) is 28.6. The molecule has 0 bridgehead atoms. The Morgan fingerprint density at radius 1 is 1.21 bits per heavy atom. The molecule has 1 atom stereocenters. The molecule has 2 saturated heterocycles. The number of nitrogens with one attached hydrogen (secondary N) is 1. The van der Waals surface area contributed by atoms with Crippen molar-refractivity contribution in [2.75, 3.05) is 26.7 Å². The quantitative estimate of drug-likeness (QED) is 0.757. The zero-order valence-electron chi connectivity index (χ0n) is 12.5. The molecule has 2 heterocycles. The SMILES string of the molecule is CN1CCN(C(=O)C2(C)CCCCN2)C(C)(C)C1=O. The van der Waals surface area contributed by atoms with Crippen LogP contribution in [-0.2, 0) is 9.59 Å². The molecule has 0 aromatic rings.